The number of hydrogen-bond donors (Lipinski definition) is 2. The molecule has 2 N–H and O–H groups in total. The first kappa shape index (κ1) is 17.1. The second-order valence-corrected chi connectivity index (χ2v) is 6.06. The molecule has 0 radical (unpaired) electrons. The number of rotatable bonds is 5. The van der Waals surface area contributed by atoms with Gasteiger partial charge < -0.3 is 15.0 Å². The van der Waals surface area contributed by atoms with Gasteiger partial charge in [0.05, 0.1) is 29.7 Å². The topological polar surface area (TPSA) is 67.2 Å². The molecular weight excluding hydrogens is 321 g/mol. The van der Waals surface area contributed by atoms with Crippen molar-refractivity contribution in [2.75, 3.05) is 0 Å². The molecule has 1 aromatic heterocycles. The van der Waals surface area contributed by atoms with Crippen LogP contribution < -0.4 is 5.32 Å². The molecule has 2 aromatic carbocycles. The molecule has 0 aliphatic carbocycles. The molecule has 0 saturated heterocycles. The SMILES string of the molecule is CC(=O)N[C@@H](C)c1nc2ccccc2n1CC(O)c1cccc(F)c1. The summed E-state index contributed by atoms with van der Waals surface area (Å²) >= 11 is 0. The molecule has 0 spiro atoms. The highest BCUT2D eigenvalue weighted by molar-refractivity contribution is 5.77. The first-order valence-corrected chi connectivity index (χ1v) is 8.11. The van der Waals surface area contributed by atoms with Crippen molar-refractivity contribution in [3.8, 4) is 0 Å². The fraction of sp³-hybridized carbons (Fsp3) is 0.263. The second kappa shape index (κ2) is 7.03. The summed E-state index contributed by atoms with van der Waals surface area (Å²) in [4.78, 5) is 16.0. The highest BCUT2D eigenvalue weighted by Crippen LogP contribution is 2.25. The molecule has 6 heteroatoms. The first-order valence-electron chi connectivity index (χ1n) is 8.11. The average molecular weight is 341 g/mol. The van der Waals surface area contributed by atoms with Gasteiger partial charge in [-0.1, -0.05) is 24.3 Å². The first-order chi connectivity index (χ1) is 12.0. The lowest BCUT2D eigenvalue weighted by Gasteiger charge is -2.18. The zero-order valence-electron chi connectivity index (χ0n) is 14.1. The number of halogens is 1. The van der Waals surface area contributed by atoms with E-state index in [9.17, 15) is 14.3 Å². The van der Waals surface area contributed by atoms with Crippen molar-refractivity contribution in [2.24, 2.45) is 0 Å². The lowest BCUT2D eigenvalue weighted by Crippen LogP contribution is -2.27. The lowest BCUT2D eigenvalue weighted by atomic mass is 10.1. The largest absolute Gasteiger partial charge is 0.387 e. The number of carbonyl (C=O) groups is 1. The molecule has 1 amide bonds. The van der Waals surface area contributed by atoms with Gasteiger partial charge in [0.2, 0.25) is 5.91 Å². The predicted octanol–water partition coefficient (Wildman–Crippen LogP) is 3.11. The van der Waals surface area contributed by atoms with Crippen LogP contribution in [-0.4, -0.2) is 20.6 Å². The van der Waals surface area contributed by atoms with E-state index in [0.29, 0.717) is 11.4 Å². The molecule has 2 atom stereocenters. The summed E-state index contributed by atoms with van der Waals surface area (Å²) in [6, 6.07) is 13.2. The highest BCUT2D eigenvalue weighted by atomic mass is 19.1. The zero-order chi connectivity index (χ0) is 18.0. The van der Waals surface area contributed by atoms with Crippen molar-refractivity contribution in [3.05, 3.63) is 65.7 Å². The number of imidazole rings is 1. The Labute approximate surface area is 145 Å². The molecule has 3 rings (SSSR count). The van der Waals surface area contributed by atoms with Crippen LogP contribution in [0.15, 0.2) is 48.5 Å². The maximum absolute atomic E-state index is 13.4. The van der Waals surface area contributed by atoms with E-state index in [2.05, 4.69) is 10.3 Å². The third-order valence-electron chi connectivity index (χ3n) is 4.08. The summed E-state index contributed by atoms with van der Waals surface area (Å²) in [7, 11) is 0. The molecule has 130 valence electrons. The maximum atomic E-state index is 13.4. The average Bonchev–Trinajstić information content (AvgIpc) is 2.93. The van der Waals surface area contributed by atoms with E-state index in [1.54, 1.807) is 12.1 Å². The van der Waals surface area contributed by atoms with Crippen LogP contribution in [0.3, 0.4) is 0 Å². The minimum atomic E-state index is -0.892. The number of para-hydroxylation sites is 2. The van der Waals surface area contributed by atoms with Gasteiger partial charge in [0.15, 0.2) is 0 Å². The molecule has 0 saturated carbocycles. The minimum Gasteiger partial charge on any atom is -0.387 e. The highest BCUT2D eigenvalue weighted by Gasteiger charge is 2.20. The molecule has 1 unspecified atom stereocenters. The van der Waals surface area contributed by atoms with Crippen molar-refractivity contribution in [2.45, 2.75) is 32.5 Å². The Hall–Kier alpha value is -2.73. The van der Waals surface area contributed by atoms with E-state index in [1.165, 1.54) is 19.1 Å². The summed E-state index contributed by atoms with van der Waals surface area (Å²) in [5.41, 5.74) is 2.13. The Balaban J connectivity index is 2.00. The standard InChI is InChI=1S/C19H20FN3O2/c1-12(21-13(2)24)19-22-16-8-3-4-9-17(16)23(19)11-18(25)14-6-5-7-15(20)10-14/h3-10,12,18,25H,11H2,1-2H3,(H,21,24)/t12-,18?/m0/s1. The summed E-state index contributed by atoms with van der Waals surface area (Å²) in [6.07, 6.45) is -0.892. The number of nitrogens with zero attached hydrogens (tertiary/aromatic N) is 2. The summed E-state index contributed by atoms with van der Waals surface area (Å²) in [5, 5.41) is 13.4. The third kappa shape index (κ3) is 3.69. The Kier molecular flexibility index (Phi) is 4.81. The van der Waals surface area contributed by atoms with Crippen LogP contribution in [0.4, 0.5) is 4.39 Å². The fourth-order valence-electron chi connectivity index (χ4n) is 2.98. The van der Waals surface area contributed by atoms with Gasteiger partial charge in [0.25, 0.3) is 0 Å². The number of benzene rings is 2. The number of fused-ring (bicyclic) bond motifs is 1. The van der Waals surface area contributed by atoms with Gasteiger partial charge >= 0.3 is 0 Å². The summed E-state index contributed by atoms with van der Waals surface area (Å²) in [5.74, 6) is 0.0996. The van der Waals surface area contributed by atoms with Crippen LogP contribution in [-0.2, 0) is 11.3 Å². The molecule has 1 heterocycles. The predicted molar refractivity (Wildman–Crippen MR) is 93.3 cm³/mol. The van der Waals surface area contributed by atoms with E-state index in [0.717, 1.165) is 11.0 Å². The quantitative estimate of drug-likeness (QED) is 0.749. The van der Waals surface area contributed by atoms with E-state index in [4.69, 9.17) is 0 Å². The molecule has 0 fully saturated rings. The van der Waals surface area contributed by atoms with Gasteiger partial charge in [-0.05, 0) is 36.8 Å². The molecule has 5 nitrogen and oxygen atoms in total. The summed E-state index contributed by atoms with van der Waals surface area (Å²) < 4.78 is 15.3. The third-order valence-corrected chi connectivity index (χ3v) is 4.08. The van der Waals surface area contributed by atoms with Crippen LogP contribution in [0.25, 0.3) is 11.0 Å². The van der Waals surface area contributed by atoms with E-state index in [1.807, 2.05) is 35.8 Å². The molecule has 0 aliphatic heterocycles. The number of hydrogen-bond acceptors (Lipinski definition) is 3. The monoisotopic (exact) mass is 341 g/mol. The maximum Gasteiger partial charge on any atom is 0.217 e. The van der Waals surface area contributed by atoms with Crippen LogP contribution in [0, 0.1) is 5.82 Å². The van der Waals surface area contributed by atoms with Gasteiger partial charge in [-0.2, -0.15) is 0 Å². The van der Waals surface area contributed by atoms with Crippen LogP contribution >= 0.6 is 0 Å². The van der Waals surface area contributed by atoms with Crippen molar-refractivity contribution in [1.29, 1.82) is 0 Å². The van der Waals surface area contributed by atoms with Crippen LogP contribution in [0.2, 0.25) is 0 Å². The van der Waals surface area contributed by atoms with Crippen molar-refractivity contribution < 1.29 is 14.3 Å². The second-order valence-electron chi connectivity index (χ2n) is 6.06. The zero-order valence-corrected chi connectivity index (χ0v) is 14.1. The Bertz CT molecular complexity index is 907. The fourth-order valence-corrected chi connectivity index (χ4v) is 2.98. The number of aliphatic hydroxyl groups is 1. The Morgan fingerprint density at radius 1 is 1.28 bits per heavy atom. The number of aliphatic hydroxyl groups excluding tert-OH is 1. The van der Waals surface area contributed by atoms with Crippen LogP contribution in [0.1, 0.15) is 37.4 Å². The van der Waals surface area contributed by atoms with Gasteiger partial charge in [-0.15, -0.1) is 0 Å². The number of amides is 1. The Morgan fingerprint density at radius 2 is 2.04 bits per heavy atom. The van der Waals surface area contributed by atoms with E-state index < -0.39 is 6.10 Å². The number of carbonyl (C=O) groups excluding carboxylic acids is 1. The molecule has 0 aliphatic rings. The molecule has 25 heavy (non-hydrogen) atoms. The van der Waals surface area contributed by atoms with E-state index >= 15 is 0 Å². The summed E-state index contributed by atoms with van der Waals surface area (Å²) in [6.45, 7) is 3.50. The smallest absolute Gasteiger partial charge is 0.217 e. The van der Waals surface area contributed by atoms with Gasteiger partial charge in [0.1, 0.15) is 11.6 Å². The van der Waals surface area contributed by atoms with Gasteiger partial charge in [-0.3, -0.25) is 4.79 Å². The number of aromatic nitrogens is 2. The molecule has 0 bridgehead atoms. The minimum absolute atomic E-state index is 0.156. The van der Waals surface area contributed by atoms with E-state index in [-0.39, 0.29) is 24.3 Å². The van der Waals surface area contributed by atoms with Crippen LogP contribution in [0.5, 0.6) is 0 Å². The Morgan fingerprint density at radius 3 is 2.76 bits per heavy atom. The van der Waals surface area contributed by atoms with Crippen molar-refractivity contribution >= 4 is 16.9 Å². The van der Waals surface area contributed by atoms with Crippen molar-refractivity contribution in [1.82, 2.24) is 14.9 Å². The number of nitrogens with one attached hydrogen (secondary N) is 1. The lowest BCUT2D eigenvalue weighted by molar-refractivity contribution is -0.119. The molecule has 3 aromatic rings. The molecular formula is C19H20FN3O2. The normalized spacial score (nSPS) is 13.6. The van der Waals surface area contributed by atoms with Crippen molar-refractivity contribution in [3.63, 3.8) is 0 Å². The van der Waals surface area contributed by atoms with Gasteiger partial charge in [-0.25, -0.2) is 9.37 Å². The van der Waals surface area contributed by atoms with Gasteiger partial charge in [0, 0.05) is 6.92 Å².